The van der Waals surface area contributed by atoms with Crippen molar-refractivity contribution < 1.29 is 9.59 Å². The number of hydrogen-bond donors (Lipinski definition) is 1. The standard InChI is InChI=1S/C21H31N7O2/c1-15(2)22-21(30)27-10-7-16(13-27)19-24-23-18-6-5-17(14-28(18)19)20(29)26-9-4-8-25(3)11-12-26/h5-6,14-16H,4,7-13H2,1-3H3,(H,22,30). The van der Waals surface area contributed by atoms with Gasteiger partial charge in [0.15, 0.2) is 5.65 Å². The largest absolute Gasteiger partial charge is 0.337 e. The first-order chi connectivity index (χ1) is 14.4. The first-order valence-corrected chi connectivity index (χ1v) is 10.8. The third-order valence-corrected chi connectivity index (χ3v) is 5.94. The molecule has 9 heteroatoms. The number of nitrogens with zero attached hydrogens (tertiary/aromatic N) is 6. The van der Waals surface area contributed by atoms with Crippen molar-refractivity contribution in [3.63, 3.8) is 0 Å². The first kappa shape index (κ1) is 20.6. The number of urea groups is 1. The SMILES string of the molecule is CC(C)NC(=O)N1CCC(c2nnc3ccc(C(=O)N4CCCN(C)CC4)cn23)C1. The second-order valence-corrected chi connectivity index (χ2v) is 8.69. The van der Waals surface area contributed by atoms with Crippen LogP contribution in [0.3, 0.4) is 0 Å². The molecule has 3 amide bonds. The molecule has 2 aliphatic heterocycles. The maximum atomic E-state index is 13.1. The van der Waals surface area contributed by atoms with E-state index in [0.717, 1.165) is 50.5 Å². The minimum Gasteiger partial charge on any atom is -0.337 e. The van der Waals surface area contributed by atoms with E-state index in [1.54, 1.807) is 0 Å². The summed E-state index contributed by atoms with van der Waals surface area (Å²) in [6.07, 6.45) is 3.68. The van der Waals surface area contributed by atoms with Gasteiger partial charge >= 0.3 is 6.03 Å². The number of likely N-dealkylation sites (N-methyl/N-ethyl adjacent to an activating group) is 1. The normalized spacial score (nSPS) is 20.7. The Kier molecular flexibility index (Phi) is 5.90. The number of rotatable bonds is 3. The zero-order valence-electron chi connectivity index (χ0n) is 18.0. The summed E-state index contributed by atoms with van der Waals surface area (Å²) >= 11 is 0. The van der Waals surface area contributed by atoms with Crippen LogP contribution >= 0.6 is 0 Å². The van der Waals surface area contributed by atoms with E-state index in [-0.39, 0.29) is 23.9 Å². The number of amides is 3. The van der Waals surface area contributed by atoms with Gasteiger partial charge in [-0.15, -0.1) is 10.2 Å². The van der Waals surface area contributed by atoms with Crippen LogP contribution in [-0.4, -0.2) is 93.6 Å². The number of hydrogen-bond acceptors (Lipinski definition) is 5. The fraction of sp³-hybridized carbons (Fsp3) is 0.619. The molecule has 2 aliphatic rings. The molecule has 2 aromatic heterocycles. The van der Waals surface area contributed by atoms with Gasteiger partial charge in [-0.1, -0.05) is 0 Å². The molecule has 9 nitrogen and oxygen atoms in total. The van der Waals surface area contributed by atoms with E-state index in [2.05, 4.69) is 27.5 Å². The molecule has 30 heavy (non-hydrogen) atoms. The van der Waals surface area contributed by atoms with E-state index in [1.807, 2.05) is 46.4 Å². The van der Waals surface area contributed by atoms with E-state index in [1.165, 1.54) is 0 Å². The fourth-order valence-electron chi connectivity index (χ4n) is 4.24. The van der Waals surface area contributed by atoms with Gasteiger partial charge in [0.05, 0.1) is 5.56 Å². The molecule has 1 unspecified atom stereocenters. The molecule has 2 aromatic rings. The minimum absolute atomic E-state index is 0.0386. The Bertz CT molecular complexity index is 925. The number of pyridine rings is 1. The van der Waals surface area contributed by atoms with Gasteiger partial charge in [0.1, 0.15) is 5.82 Å². The van der Waals surface area contributed by atoms with E-state index >= 15 is 0 Å². The van der Waals surface area contributed by atoms with Crippen molar-refractivity contribution in [3.05, 3.63) is 29.7 Å². The molecule has 0 bridgehead atoms. The summed E-state index contributed by atoms with van der Waals surface area (Å²) in [5.41, 5.74) is 1.38. The van der Waals surface area contributed by atoms with Gasteiger partial charge in [-0.05, 0) is 52.4 Å². The lowest BCUT2D eigenvalue weighted by molar-refractivity contribution is 0.0762. The van der Waals surface area contributed by atoms with Crippen molar-refractivity contribution in [2.24, 2.45) is 0 Å². The van der Waals surface area contributed by atoms with E-state index in [4.69, 9.17) is 0 Å². The average molecular weight is 414 g/mol. The fourth-order valence-corrected chi connectivity index (χ4v) is 4.24. The molecular weight excluding hydrogens is 382 g/mol. The molecule has 1 atom stereocenters. The molecule has 0 aromatic carbocycles. The monoisotopic (exact) mass is 413 g/mol. The van der Waals surface area contributed by atoms with Gasteiger partial charge in [-0.25, -0.2) is 4.79 Å². The highest BCUT2D eigenvalue weighted by molar-refractivity contribution is 5.94. The predicted molar refractivity (Wildman–Crippen MR) is 114 cm³/mol. The highest BCUT2D eigenvalue weighted by Gasteiger charge is 2.31. The molecule has 0 saturated carbocycles. The van der Waals surface area contributed by atoms with Crippen LogP contribution in [0.25, 0.3) is 5.65 Å². The Morgan fingerprint density at radius 1 is 1.07 bits per heavy atom. The van der Waals surface area contributed by atoms with E-state index < -0.39 is 0 Å². The number of likely N-dealkylation sites (tertiary alicyclic amines) is 1. The zero-order chi connectivity index (χ0) is 21.3. The van der Waals surface area contributed by atoms with Crippen LogP contribution in [0.1, 0.15) is 48.8 Å². The second kappa shape index (κ2) is 8.59. The molecule has 4 rings (SSSR count). The first-order valence-electron chi connectivity index (χ1n) is 10.8. The predicted octanol–water partition coefficient (Wildman–Crippen LogP) is 1.41. The lowest BCUT2D eigenvalue weighted by Crippen LogP contribution is -2.41. The second-order valence-electron chi connectivity index (χ2n) is 8.69. The Labute approximate surface area is 177 Å². The summed E-state index contributed by atoms with van der Waals surface area (Å²) < 4.78 is 1.92. The zero-order valence-corrected chi connectivity index (χ0v) is 18.0. The lowest BCUT2D eigenvalue weighted by Gasteiger charge is -2.21. The van der Waals surface area contributed by atoms with Crippen LogP contribution in [0.15, 0.2) is 18.3 Å². The van der Waals surface area contributed by atoms with Crippen LogP contribution < -0.4 is 5.32 Å². The van der Waals surface area contributed by atoms with Crippen molar-refractivity contribution >= 4 is 17.6 Å². The molecule has 2 saturated heterocycles. The lowest BCUT2D eigenvalue weighted by atomic mass is 10.1. The van der Waals surface area contributed by atoms with Crippen molar-refractivity contribution in [2.75, 3.05) is 46.3 Å². The molecule has 162 valence electrons. The van der Waals surface area contributed by atoms with Gasteiger partial charge in [-0.3, -0.25) is 9.20 Å². The van der Waals surface area contributed by atoms with E-state index in [0.29, 0.717) is 18.7 Å². The Morgan fingerprint density at radius 3 is 2.70 bits per heavy atom. The smallest absolute Gasteiger partial charge is 0.317 e. The van der Waals surface area contributed by atoms with Gasteiger partial charge < -0.3 is 20.0 Å². The number of carbonyl (C=O) groups excluding carboxylic acids is 2. The van der Waals surface area contributed by atoms with Crippen LogP contribution in [0, 0.1) is 0 Å². The average Bonchev–Trinajstić information content (AvgIpc) is 3.30. The minimum atomic E-state index is -0.0386. The number of aromatic nitrogens is 3. The van der Waals surface area contributed by atoms with Crippen molar-refractivity contribution in [2.45, 2.75) is 38.6 Å². The quantitative estimate of drug-likeness (QED) is 0.822. The summed E-state index contributed by atoms with van der Waals surface area (Å²) in [4.78, 5) is 31.4. The maximum Gasteiger partial charge on any atom is 0.317 e. The van der Waals surface area contributed by atoms with E-state index in [9.17, 15) is 9.59 Å². The maximum absolute atomic E-state index is 13.1. The molecular formula is C21H31N7O2. The van der Waals surface area contributed by atoms with Crippen LogP contribution in [0.4, 0.5) is 4.79 Å². The molecule has 0 spiro atoms. The Balaban J connectivity index is 1.52. The third kappa shape index (κ3) is 4.26. The van der Waals surface area contributed by atoms with Gasteiger partial charge in [-0.2, -0.15) is 0 Å². The Morgan fingerprint density at radius 2 is 1.90 bits per heavy atom. The molecule has 4 heterocycles. The highest BCUT2D eigenvalue weighted by atomic mass is 16.2. The number of carbonyl (C=O) groups is 2. The Hall–Kier alpha value is -2.68. The summed E-state index contributed by atoms with van der Waals surface area (Å²) in [6, 6.07) is 3.76. The molecule has 0 aliphatic carbocycles. The van der Waals surface area contributed by atoms with Crippen LogP contribution in [-0.2, 0) is 0 Å². The summed E-state index contributed by atoms with van der Waals surface area (Å²) in [5.74, 6) is 0.974. The summed E-state index contributed by atoms with van der Waals surface area (Å²) in [7, 11) is 2.09. The van der Waals surface area contributed by atoms with Crippen molar-refractivity contribution in [1.29, 1.82) is 0 Å². The van der Waals surface area contributed by atoms with Gasteiger partial charge in [0.2, 0.25) is 0 Å². The van der Waals surface area contributed by atoms with Gasteiger partial charge in [0, 0.05) is 50.9 Å². The van der Waals surface area contributed by atoms with Crippen molar-refractivity contribution in [3.8, 4) is 0 Å². The van der Waals surface area contributed by atoms with Crippen LogP contribution in [0.2, 0.25) is 0 Å². The summed E-state index contributed by atoms with van der Waals surface area (Å²) in [5, 5.41) is 11.6. The third-order valence-electron chi connectivity index (χ3n) is 5.94. The van der Waals surface area contributed by atoms with Gasteiger partial charge in [0.25, 0.3) is 5.91 Å². The number of nitrogens with one attached hydrogen (secondary N) is 1. The topological polar surface area (TPSA) is 86.1 Å². The summed E-state index contributed by atoms with van der Waals surface area (Å²) in [6.45, 7) is 8.64. The van der Waals surface area contributed by atoms with Crippen molar-refractivity contribution in [1.82, 2.24) is 34.6 Å². The highest BCUT2D eigenvalue weighted by Crippen LogP contribution is 2.26. The molecule has 1 N–H and O–H groups in total. The number of fused-ring (bicyclic) bond motifs is 1. The molecule has 2 fully saturated rings. The van der Waals surface area contributed by atoms with Crippen LogP contribution in [0.5, 0.6) is 0 Å². The molecule has 0 radical (unpaired) electrons.